The fourth-order valence-corrected chi connectivity index (χ4v) is 2.64. The molecule has 1 aromatic heterocycles. The maximum atomic E-state index is 12.1. The van der Waals surface area contributed by atoms with Gasteiger partial charge in [0.25, 0.3) is 0 Å². The van der Waals surface area contributed by atoms with Crippen molar-refractivity contribution in [1.29, 1.82) is 5.26 Å². The molecule has 0 bridgehead atoms. The average molecular weight is 339 g/mol. The normalized spacial score (nSPS) is 15.1. The number of carbonyl (C=O) groups is 1. The van der Waals surface area contributed by atoms with E-state index in [4.69, 9.17) is 10.00 Å². The second-order valence-electron chi connectivity index (χ2n) is 6.30. The van der Waals surface area contributed by atoms with E-state index < -0.39 is 0 Å². The van der Waals surface area contributed by atoms with Crippen molar-refractivity contribution >= 4 is 6.03 Å². The van der Waals surface area contributed by atoms with Gasteiger partial charge in [-0.05, 0) is 36.2 Å². The molecular formula is C18H21N5O2. The smallest absolute Gasteiger partial charge is 0.317 e. The fraction of sp³-hybridized carbons (Fsp3) is 0.389. The monoisotopic (exact) mass is 339 g/mol. The maximum Gasteiger partial charge on any atom is 0.317 e. The van der Waals surface area contributed by atoms with E-state index in [1.54, 1.807) is 35.4 Å². The van der Waals surface area contributed by atoms with Crippen molar-refractivity contribution < 1.29 is 9.53 Å². The highest BCUT2D eigenvalue weighted by atomic mass is 16.5. The number of hydrogen-bond donors (Lipinski definition) is 1. The van der Waals surface area contributed by atoms with E-state index in [1.165, 1.54) is 0 Å². The van der Waals surface area contributed by atoms with E-state index >= 15 is 0 Å². The maximum absolute atomic E-state index is 12.1. The molecule has 2 aromatic rings. The zero-order chi connectivity index (χ0) is 17.6. The summed E-state index contributed by atoms with van der Waals surface area (Å²) in [6, 6.07) is 10.9. The van der Waals surface area contributed by atoms with Crippen LogP contribution in [0.3, 0.4) is 0 Å². The minimum atomic E-state index is -0.0630. The zero-order valence-electron chi connectivity index (χ0n) is 14.1. The minimum Gasteiger partial charge on any atom is -0.487 e. The molecule has 3 rings (SSSR count). The summed E-state index contributed by atoms with van der Waals surface area (Å²) in [4.78, 5) is 13.8. The summed E-state index contributed by atoms with van der Waals surface area (Å²) >= 11 is 0. The third-order valence-corrected chi connectivity index (χ3v) is 4.08. The number of carbonyl (C=O) groups excluding carboxylic acids is 1. The van der Waals surface area contributed by atoms with E-state index in [1.807, 2.05) is 16.9 Å². The molecule has 7 heteroatoms. The Morgan fingerprint density at radius 2 is 2.20 bits per heavy atom. The second kappa shape index (κ2) is 7.71. The first kappa shape index (κ1) is 16.8. The summed E-state index contributed by atoms with van der Waals surface area (Å²) in [6.45, 7) is 4.60. The molecule has 25 heavy (non-hydrogen) atoms. The van der Waals surface area contributed by atoms with Crippen molar-refractivity contribution in [2.24, 2.45) is 5.92 Å². The molecule has 1 saturated heterocycles. The number of urea groups is 1. The van der Waals surface area contributed by atoms with Crippen LogP contribution in [0.1, 0.15) is 12.5 Å². The lowest BCUT2D eigenvalue weighted by molar-refractivity contribution is 0.0441. The molecule has 0 unspecified atom stereocenters. The Morgan fingerprint density at radius 1 is 1.44 bits per heavy atom. The number of nitriles is 1. The first-order chi connectivity index (χ1) is 12.1. The van der Waals surface area contributed by atoms with Crippen molar-refractivity contribution in [2.75, 3.05) is 19.6 Å². The lowest BCUT2D eigenvalue weighted by atomic mass is 10.1. The summed E-state index contributed by atoms with van der Waals surface area (Å²) in [7, 11) is 0. The predicted octanol–water partition coefficient (Wildman–Crippen LogP) is 1.86. The molecule has 0 radical (unpaired) electrons. The van der Waals surface area contributed by atoms with Gasteiger partial charge in [-0.25, -0.2) is 4.79 Å². The van der Waals surface area contributed by atoms with Gasteiger partial charge < -0.3 is 15.0 Å². The Bertz CT molecular complexity index is 730. The molecule has 0 aliphatic carbocycles. The molecule has 2 amide bonds. The van der Waals surface area contributed by atoms with Crippen molar-refractivity contribution in [3.63, 3.8) is 0 Å². The van der Waals surface area contributed by atoms with Crippen LogP contribution in [0, 0.1) is 17.2 Å². The highest BCUT2D eigenvalue weighted by molar-refractivity contribution is 5.75. The van der Waals surface area contributed by atoms with Crippen molar-refractivity contribution in [2.45, 2.75) is 19.6 Å². The van der Waals surface area contributed by atoms with E-state index in [9.17, 15) is 4.79 Å². The number of likely N-dealkylation sites (tertiary alicyclic amines) is 1. The van der Waals surface area contributed by atoms with E-state index in [-0.39, 0.29) is 12.1 Å². The number of nitrogens with zero attached hydrogens (tertiary/aromatic N) is 4. The molecule has 1 aliphatic rings. The molecule has 0 spiro atoms. The number of nitrogens with one attached hydrogen (secondary N) is 1. The van der Waals surface area contributed by atoms with Crippen molar-refractivity contribution in [3.05, 3.63) is 48.3 Å². The first-order valence-electron chi connectivity index (χ1n) is 8.31. The van der Waals surface area contributed by atoms with Gasteiger partial charge in [0.2, 0.25) is 0 Å². The largest absolute Gasteiger partial charge is 0.487 e. The SMILES string of the molecule is C[C@H](CNC(=O)N1CC(Oc2ccc(C#N)cc2)C1)Cn1cccn1. The van der Waals surface area contributed by atoms with Crippen molar-refractivity contribution in [3.8, 4) is 11.8 Å². The molecule has 130 valence electrons. The summed E-state index contributed by atoms with van der Waals surface area (Å²) in [5.74, 6) is 1.02. The van der Waals surface area contributed by atoms with Gasteiger partial charge in [0.1, 0.15) is 11.9 Å². The molecule has 0 saturated carbocycles. The quantitative estimate of drug-likeness (QED) is 0.871. The molecule has 1 aromatic carbocycles. The van der Waals surface area contributed by atoms with Gasteiger partial charge in [-0.1, -0.05) is 6.92 Å². The van der Waals surface area contributed by atoms with Crippen LogP contribution < -0.4 is 10.1 Å². The summed E-state index contributed by atoms with van der Waals surface area (Å²) in [5.41, 5.74) is 0.603. The van der Waals surface area contributed by atoms with Crippen LogP contribution in [0.2, 0.25) is 0 Å². The van der Waals surface area contributed by atoms with Gasteiger partial charge in [-0.15, -0.1) is 0 Å². The summed E-state index contributed by atoms with van der Waals surface area (Å²) < 4.78 is 7.65. The molecule has 1 fully saturated rings. The van der Waals surface area contributed by atoms with Crippen molar-refractivity contribution in [1.82, 2.24) is 20.0 Å². The average Bonchev–Trinajstić information content (AvgIpc) is 3.09. The third-order valence-electron chi connectivity index (χ3n) is 4.08. The fourth-order valence-electron chi connectivity index (χ4n) is 2.64. The lowest BCUT2D eigenvalue weighted by Gasteiger charge is -2.39. The van der Waals surface area contributed by atoms with Gasteiger partial charge in [-0.3, -0.25) is 4.68 Å². The van der Waals surface area contributed by atoms with E-state index in [0.717, 1.165) is 12.3 Å². The zero-order valence-corrected chi connectivity index (χ0v) is 14.1. The number of hydrogen-bond acceptors (Lipinski definition) is 4. The first-order valence-corrected chi connectivity index (χ1v) is 8.31. The minimum absolute atomic E-state index is 0.000170. The Kier molecular flexibility index (Phi) is 5.19. The Labute approximate surface area is 146 Å². The number of ether oxygens (including phenoxy) is 1. The number of aromatic nitrogens is 2. The molecular weight excluding hydrogens is 318 g/mol. The lowest BCUT2D eigenvalue weighted by Crippen LogP contribution is -2.59. The highest BCUT2D eigenvalue weighted by Crippen LogP contribution is 2.18. The van der Waals surface area contributed by atoms with Crippen LogP contribution in [0.4, 0.5) is 4.79 Å². The van der Waals surface area contributed by atoms with Gasteiger partial charge in [0, 0.05) is 25.5 Å². The van der Waals surface area contributed by atoms with Gasteiger partial charge in [0.05, 0.1) is 24.7 Å². The molecule has 1 atom stereocenters. The van der Waals surface area contributed by atoms with Crippen LogP contribution in [-0.4, -0.2) is 46.4 Å². The predicted molar refractivity (Wildman–Crippen MR) is 91.9 cm³/mol. The number of amides is 2. The Hall–Kier alpha value is -3.01. The molecule has 7 nitrogen and oxygen atoms in total. The Morgan fingerprint density at radius 3 is 2.84 bits per heavy atom. The van der Waals surface area contributed by atoms with Crippen LogP contribution in [0.25, 0.3) is 0 Å². The highest BCUT2D eigenvalue weighted by Gasteiger charge is 2.32. The van der Waals surface area contributed by atoms with E-state index in [0.29, 0.717) is 31.1 Å². The van der Waals surface area contributed by atoms with Crippen LogP contribution >= 0.6 is 0 Å². The van der Waals surface area contributed by atoms with Crippen LogP contribution in [0.15, 0.2) is 42.7 Å². The molecule has 1 aliphatic heterocycles. The third kappa shape index (κ3) is 4.51. The molecule has 2 heterocycles. The van der Waals surface area contributed by atoms with Crippen LogP contribution in [0.5, 0.6) is 5.75 Å². The number of benzene rings is 1. The summed E-state index contributed by atoms with van der Waals surface area (Å²) in [5, 5.41) is 15.9. The standard InChI is InChI=1S/C18H21N5O2/c1-14(11-23-8-2-7-21-23)10-20-18(24)22-12-17(13-22)25-16-5-3-15(9-19)4-6-16/h2-8,14,17H,10-13H2,1H3,(H,20,24)/t14-/m1/s1. The summed E-state index contributed by atoms with van der Waals surface area (Å²) in [6.07, 6.45) is 3.67. The van der Waals surface area contributed by atoms with Gasteiger partial charge in [-0.2, -0.15) is 10.4 Å². The van der Waals surface area contributed by atoms with Crippen LogP contribution in [-0.2, 0) is 6.54 Å². The Balaban J connectivity index is 1.35. The molecule has 1 N–H and O–H groups in total. The number of rotatable bonds is 6. The van der Waals surface area contributed by atoms with Gasteiger partial charge >= 0.3 is 6.03 Å². The second-order valence-corrected chi connectivity index (χ2v) is 6.30. The van der Waals surface area contributed by atoms with Gasteiger partial charge in [0.15, 0.2) is 0 Å². The topological polar surface area (TPSA) is 83.2 Å². The van der Waals surface area contributed by atoms with E-state index in [2.05, 4.69) is 23.4 Å².